The molecule has 94 valence electrons. The fourth-order valence-corrected chi connectivity index (χ4v) is 1.08. The zero-order valence-corrected chi connectivity index (χ0v) is 10.9. The SMILES string of the molecule is CC(C)N(C/C=C/CO)C(=O)OC(C)(C)C. The molecule has 0 aliphatic heterocycles. The van der Waals surface area contributed by atoms with E-state index >= 15 is 0 Å². The number of hydrogen-bond donors (Lipinski definition) is 1. The van der Waals surface area contributed by atoms with Crippen LogP contribution >= 0.6 is 0 Å². The first kappa shape index (κ1) is 15.0. The number of rotatable bonds is 4. The third-order valence-corrected chi connectivity index (χ3v) is 1.83. The number of carbonyl (C=O) groups excluding carboxylic acids is 1. The van der Waals surface area contributed by atoms with E-state index in [9.17, 15) is 4.79 Å². The first-order chi connectivity index (χ1) is 7.28. The predicted octanol–water partition coefficient (Wildman–Crippen LogP) is 2.18. The highest BCUT2D eigenvalue weighted by atomic mass is 16.6. The summed E-state index contributed by atoms with van der Waals surface area (Å²) >= 11 is 0. The number of nitrogens with zero attached hydrogens (tertiary/aromatic N) is 1. The Morgan fingerprint density at radius 2 is 1.94 bits per heavy atom. The quantitative estimate of drug-likeness (QED) is 0.752. The van der Waals surface area contributed by atoms with Crippen LogP contribution in [0.4, 0.5) is 4.79 Å². The van der Waals surface area contributed by atoms with Crippen LogP contribution in [0.2, 0.25) is 0 Å². The van der Waals surface area contributed by atoms with Gasteiger partial charge in [-0.15, -0.1) is 0 Å². The fraction of sp³-hybridized carbons (Fsp3) is 0.750. The lowest BCUT2D eigenvalue weighted by Crippen LogP contribution is -2.41. The van der Waals surface area contributed by atoms with Gasteiger partial charge in [-0.1, -0.05) is 12.2 Å². The van der Waals surface area contributed by atoms with Crippen LogP contribution in [0.1, 0.15) is 34.6 Å². The van der Waals surface area contributed by atoms with Crippen molar-refractivity contribution in [3.63, 3.8) is 0 Å². The van der Waals surface area contributed by atoms with Crippen molar-refractivity contribution >= 4 is 6.09 Å². The van der Waals surface area contributed by atoms with Crippen LogP contribution in [-0.2, 0) is 4.74 Å². The summed E-state index contributed by atoms with van der Waals surface area (Å²) in [5.41, 5.74) is -0.481. The van der Waals surface area contributed by atoms with E-state index in [1.54, 1.807) is 17.1 Å². The smallest absolute Gasteiger partial charge is 0.410 e. The highest BCUT2D eigenvalue weighted by Crippen LogP contribution is 2.11. The van der Waals surface area contributed by atoms with E-state index in [1.807, 2.05) is 34.6 Å². The molecule has 0 unspecified atom stereocenters. The summed E-state index contributed by atoms with van der Waals surface area (Å²) in [6.45, 7) is 9.81. The Morgan fingerprint density at radius 1 is 1.38 bits per heavy atom. The van der Waals surface area contributed by atoms with Crippen molar-refractivity contribution in [2.45, 2.75) is 46.3 Å². The first-order valence-corrected chi connectivity index (χ1v) is 5.53. The highest BCUT2D eigenvalue weighted by Gasteiger charge is 2.22. The maximum atomic E-state index is 11.8. The van der Waals surface area contributed by atoms with E-state index in [-0.39, 0.29) is 18.7 Å². The van der Waals surface area contributed by atoms with Crippen LogP contribution in [0.25, 0.3) is 0 Å². The lowest BCUT2D eigenvalue weighted by Gasteiger charge is -2.29. The summed E-state index contributed by atoms with van der Waals surface area (Å²) < 4.78 is 5.28. The van der Waals surface area contributed by atoms with Crippen molar-refractivity contribution in [1.29, 1.82) is 0 Å². The minimum atomic E-state index is -0.481. The topological polar surface area (TPSA) is 49.8 Å². The Hall–Kier alpha value is -1.03. The Bertz CT molecular complexity index is 241. The van der Waals surface area contributed by atoms with Crippen LogP contribution in [0.3, 0.4) is 0 Å². The van der Waals surface area contributed by atoms with Crippen LogP contribution in [0.5, 0.6) is 0 Å². The average molecular weight is 229 g/mol. The van der Waals surface area contributed by atoms with Crippen molar-refractivity contribution < 1.29 is 14.6 Å². The maximum absolute atomic E-state index is 11.8. The zero-order chi connectivity index (χ0) is 12.8. The molecule has 4 nitrogen and oxygen atoms in total. The lowest BCUT2D eigenvalue weighted by atomic mass is 10.2. The molecule has 0 aliphatic carbocycles. The highest BCUT2D eigenvalue weighted by molar-refractivity contribution is 5.68. The van der Waals surface area contributed by atoms with Crippen LogP contribution < -0.4 is 0 Å². The third-order valence-electron chi connectivity index (χ3n) is 1.83. The van der Waals surface area contributed by atoms with Crippen LogP contribution in [-0.4, -0.2) is 40.9 Å². The molecule has 0 aromatic heterocycles. The zero-order valence-electron chi connectivity index (χ0n) is 10.9. The third kappa shape index (κ3) is 6.45. The van der Waals surface area contributed by atoms with E-state index in [2.05, 4.69) is 0 Å². The second-order valence-corrected chi connectivity index (χ2v) is 4.88. The van der Waals surface area contributed by atoms with E-state index in [0.29, 0.717) is 6.54 Å². The van der Waals surface area contributed by atoms with E-state index in [1.165, 1.54) is 0 Å². The van der Waals surface area contributed by atoms with E-state index in [4.69, 9.17) is 9.84 Å². The maximum Gasteiger partial charge on any atom is 0.410 e. The van der Waals surface area contributed by atoms with Gasteiger partial charge in [0.25, 0.3) is 0 Å². The molecule has 0 bridgehead atoms. The number of aliphatic hydroxyl groups is 1. The Labute approximate surface area is 97.9 Å². The van der Waals surface area contributed by atoms with Crippen molar-refractivity contribution in [2.24, 2.45) is 0 Å². The minimum absolute atomic E-state index is 0.0136. The number of ether oxygens (including phenoxy) is 1. The van der Waals surface area contributed by atoms with Crippen molar-refractivity contribution in [3.05, 3.63) is 12.2 Å². The Kier molecular flexibility index (Phi) is 6.11. The molecule has 1 N–H and O–H groups in total. The molecule has 0 aromatic rings. The fourth-order valence-electron chi connectivity index (χ4n) is 1.08. The van der Waals surface area contributed by atoms with Gasteiger partial charge >= 0.3 is 6.09 Å². The largest absolute Gasteiger partial charge is 0.444 e. The van der Waals surface area contributed by atoms with Gasteiger partial charge in [0, 0.05) is 12.6 Å². The van der Waals surface area contributed by atoms with Gasteiger partial charge in [0.2, 0.25) is 0 Å². The van der Waals surface area contributed by atoms with Gasteiger partial charge in [-0.25, -0.2) is 4.79 Å². The molecular formula is C12H23NO3. The summed E-state index contributed by atoms with van der Waals surface area (Å²) in [4.78, 5) is 13.4. The monoisotopic (exact) mass is 229 g/mol. The van der Waals surface area contributed by atoms with Gasteiger partial charge in [-0.3, -0.25) is 0 Å². The predicted molar refractivity (Wildman–Crippen MR) is 64.3 cm³/mol. The van der Waals surface area contributed by atoms with Gasteiger partial charge in [0.1, 0.15) is 5.60 Å². The molecular weight excluding hydrogens is 206 g/mol. The standard InChI is InChI=1S/C12H23NO3/c1-10(2)13(8-6-7-9-14)11(15)16-12(3,4)5/h6-7,10,14H,8-9H2,1-5H3/b7-6+. The molecule has 1 amide bonds. The van der Waals surface area contributed by atoms with Gasteiger partial charge in [-0.05, 0) is 34.6 Å². The average Bonchev–Trinajstić information content (AvgIpc) is 2.08. The van der Waals surface area contributed by atoms with E-state index < -0.39 is 5.60 Å². The van der Waals surface area contributed by atoms with Gasteiger partial charge in [0.05, 0.1) is 6.61 Å². The molecule has 0 aliphatic rings. The Balaban J connectivity index is 4.42. The summed E-state index contributed by atoms with van der Waals surface area (Å²) in [5.74, 6) is 0. The molecule has 0 rings (SSSR count). The number of amides is 1. The number of carbonyl (C=O) groups is 1. The second-order valence-electron chi connectivity index (χ2n) is 4.88. The first-order valence-electron chi connectivity index (χ1n) is 5.53. The summed E-state index contributed by atoms with van der Waals surface area (Å²) in [6.07, 6.45) is 3.04. The molecule has 0 saturated heterocycles. The van der Waals surface area contributed by atoms with Crippen molar-refractivity contribution in [1.82, 2.24) is 4.90 Å². The molecule has 16 heavy (non-hydrogen) atoms. The van der Waals surface area contributed by atoms with Crippen molar-refractivity contribution in [3.8, 4) is 0 Å². The van der Waals surface area contributed by atoms with Gasteiger partial charge < -0.3 is 14.7 Å². The molecule has 4 heteroatoms. The molecule has 0 spiro atoms. The van der Waals surface area contributed by atoms with Crippen LogP contribution in [0.15, 0.2) is 12.2 Å². The van der Waals surface area contributed by atoms with Gasteiger partial charge in [0.15, 0.2) is 0 Å². The normalized spacial score (nSPS) is 12.2. The number of aliphatic hydroxyl groups excluding tert-OH is 1. The summed E-state index contributed by atoms with van der Waals surface area (Å²) in [5, 5.41) is 8.62. The summed E-state index contributed by atoms with van der Waals surface area (Å²) in [7, 11) is 0. The Morgan fingerprint density at radius 3 is 2.31 bits per heavy atom. The lowest BCUT2D eigenvalue weighted by molar-refractivity contribution is 0.0217. The number of hydrogen-bond acceptors (Lipinski definition) is 3. The summed E-state index contributed by atoms with van der Waals surface area (Å²) in [6, 6.07) is 0.0678. The molecule has 0 atom stereocenters. The molecule has 0 saturated carbocycles. The second kappa shape index (κ2) is 6.53. The molecule has 0 fully saturated rings. The van der Waals surface area contributed by atoms with Crippen molar-refractivity contribution in [2.75, 3.05) is 13.2 Å². The molecule has 0 radical (unpaired) electrons. The minimum Gasteiger partial charge on any atom is -0.444 e. The van der Waals surface area contributed by atoms with Gasteiger partial charge in [-0.2, -0.15) is 0 Å². The molecule has 0 aromatic carbocycles. The molecule has 0 heterocycles. The van der Waals surface area contributed by atoms with E-state index in [0.717, 1.165) is 0 Å². The van der Waals surface area contributed by atoms with Crippen LogP contribution in [0, 0.1) is 0 Å².